The number of rotatable bonds is 19. The van der Waals surface area contributed by atoms with E-state index in [1.807, 2.05) is 0 Å². The van der Waals surface area contributed by atoms with Crippen LogP contribution in [0.2, 0.25) is 0 Å². The van der Waals surface area contributed by atoms with Crippen molar-refractivity contribution in [3.63, 3.8) is 0 Å². The highest BCUT2D eigenvalue weighted by molar-refractivity contribution is 5.76. The molecule has 5 aliphatic heterocycles. The molecular formula is C38H64N2O29. The van der Waals surface area contributed by atoms with Crippen LogP contribution in [0.5, 0.6) is 0 Å². The molecule has 69 heavy (non-hydrogen) atoms. The molecule has 5 saturated heterocycles. The SMILES string of the molecule is CO[C@@H]1O[C@H](CO)[C@@H](O[C@@H]2O[C@H](CO)[C@H](O[C@@H]3O[C@H](CO)[C@H](O)[C@H](O[C@@H]4O[C@H](CO)[C@H](O)[C@H](O)[C@H]4O)[C@H]3NC(C)=O)[C@H](O[C@]3(C(=O)O)C[C@H](O)[C@@H](NC(C)=O)[C@H]([C@H](O)[C@H](O)CO)O3)[C@H]2O)[C@H](O)[C@H]1O. The van der Waals surface area contributed by atoms with Gasteiger partial charge in [0.05, 0.1) is 45.2 Å². The lowest BCUT2D eigenvalue weighted by atomic mass is 9.88. The summed E-state index contributed by atoms with van der Waals surface area (Å²) in [5, 5.41) is 176. The Hall–Kier alpha value is -2.59. The van der Waals surface area contributed by atoms with Crippen LogP contribution in [0, 0.1) is 0 Å². The van der Waals surface area contributed by atoms with Crippen LogP contribution in [-0.2, 0) is 61.8 Å². The summed E-state index contributed by atoms with van der Waals surface area (Å²) >= 11 is 0. The molecule has 31 nitrogen and oxygen atoms in total. The van der Waals surface area contributed by atoms with E-state index in [-0.39, 0.29) is 0 Å². The summed E-state index contributed by atoms with van der Waals surface area (Å²) < 4.78 is 57.3. The van der Waals surface area contributed by atoms with Gasteiger partial charge in [0.15, 0.2) is 25.2 Å². The zero-order valence-corrected chi connectivity index (χ0v) is 37.1. The Morgan fingerprint density at radius 2 is 1.06 bits per heavy atom. The van der Waals surface area contributed by atoms with Crippen molar-refractivity contribution < 1.29 is 143 Å². The molecule has 2 amide bonds. The second kappa shape index (κ2) is 24.4. The average Bonchev–Trinajstić information content (AvgIpc) is 3.31. The maximum absolute atomic E-state index is 13.4. The largest absolute Gasteiger partial charge is 0.477 e. The van der Waals surface area contributed by atoms with Gasteiger partial charge in [0, 0.05) is 27.4 Å². The summed E-state index contributed by atoms with van der Waals surface area (Å²) in [5.74, 6) is -7.19. The molecule has 0 bridgehead atoms. The van der Waals surface area contributed by atoms with Gasteiger partial charge in [-0.3, -0.25) is 9.59 Å². The summed E-state index contributed by atoms with van der Waals surface area (Å²) in [6, 6.07) is -3.57. The molecule has 0 unspecified atom stereocenters. The Balaban J connectivity index is 1.61. The molecule has 0 aromatic heterocycles. The number of carbonyl (C=O) groups excluding carboxylic acids is 2. The predicted octanol–water partition coefficient (Wildman–Crippen LogP) is -11.8. The number of aliphatic hydroxyl groups is 15. The maximum Gasteiger partial charge on any atom is 0.364 e. The van der Waals surface area contributed by atoms with Crippen molar-refractivity contribution in [3.05, 3.63) is 0 Å². The van der Waals surface area contributed by atoms with Gasteiger partial charge in [-0.1, -0.05) is 0 Å². The first-order valence-corrected chi connectivity index (χ1v) is 21.6. The van der Waals surface area contributed by atoms with E-state index in [9.17, 15) is 96.1 Å². The van der Waals surface area contributed by atoms with Gasteiger partial charge in [0.2, 0.25) is 11.8 Å². The van der Waals surface area contributed by atoms with Gasteiger partial charge < -0.3 is 140 Å². The van der Waals surface area contributed by atoms with Crippen molar-refractivity contribution in [3.8, 4) is 0 Å². The summed E-state index contributed by atoms with van der Waals surface area (Å²) in [5.41, 5.74) is 0. The molecule has 0 aliphatic carbocycles. The Labute approximate surface area is 391 Å². The number of carbonyl (C=O) groups is 3. The Bertz CT molecular complexity index is 1670. The molecule has 0 aromatic rings. The molecule has 5 rings (SSSR count). The number of ether oxygens (including phenoxy) is 10. The number of amides is 2. The highest BCUT2D eigenvalue weighted by atomic mass is 16.8. The van der Waals surface area contributed by atoms with Crippen molar-refractivity contribution in [2.75, 3.05) is 40.1 Å². The fourth-order valence-corrected chi connectivity index (χ4v) is 8.71. The van der Waals surface area contributed by atoms with Crippen LogP contribution in [0.15, 0.2) is 0 Å². The molecule has 18 N–H and O–H groups in total. The lowest BCUT2D eigenvalue weighted by Gasteiger charge is -2.52. The number of methoxy groups -OCH3 is 1. The van der Waals surface area contributed by atoms with Gasteiger partial charge in [0.25, 0.3) is 5.79 Å². The molecule has 400 valence electrons. The van der Waals surface area contributed by atoms with Crippen molar-refractivity contribution >= 4 is 17.8 Å². The molecule has 0 radical (unpaired) electrons. The van der Waals surface area contributed by atoms with Gasteiger partial charge in [-0.2, -0.15) is 0 Å². The van der Waals surface area contributed by atoms with E-state index in [0.717, 1.165) is 21.0 Å². The van der Waals surface area contributed by atoms with Crippen LogP contribution in [0.3, 0.4) is 0 Å². The average molecular weight is 1010 g/mol. The van der Waals surface area contributed by atoms with Gasteiger partial charge in [-0.25, -0.2) is 4.79 Å². The topological polar surface area (TPSA) is 491 Å². The van der Waals surface area contributed by atoms with E-state index in [0.29, 0.717) is 0 Å². The predicted molar refractivity (Wildman–Crippen MR) is 212 cm³/mol. The lowest BCUT2D eigenvalue weighted by Crippen LogP contribution is -2.72. The summed E-state index contributed by atoms with van der Waals surface area (Å²) in [4.78, 5) is 38.4. The van der Waals surface area contributed by atoms with Crippen molar-refractivity contribution in [1.29, 1.82) is 0 Å². The monoisotopic (exact) mass is 1010 g/mol. The fraction of sp³-hybridized carbons (Fsp3) is 0.921. The third kappa shape index (κ3) is 12.3. The molecular weight excluding hydrogens is 948 g/mol. The molecule has 0 spiro atoms. The zero-order chi connectivity index (χ0) is 51.4. The molecule has 5 fully saturated rings. The number of carboxylic acid groups (broad SMARTS) is 1. The van der Waals surface area contributed by atoms with Crippen molar-refractivity contribution in [2.45, 2.75) is 179 Å². The normalized spacial score (nSPS) is 46.1. The van der Waals surface area contributed by atoms with Gasteiger partial charge in [-0.05, 0) is 0 Å². The molecule has 0 saturated carbocycles. The van der Waals surface area contributed by atoms with E-state index in [2.05, 4.69) is 10.6 Å². The van der Waals surface area contributed by atoms with E-state index >= 15 is 0 Å². The first-order chi connectivity index (χ1) is 32.5. The van der Waals surface area contributed by atoms with Crippen LogP contribution in [-0.4, -0.2) is 299 Å². The Morgan fingerprint density at radius 1 is 0.580 bits per heavy atom. The zero-order valence-electron chi connectivity index (χ0n) is 37.1. The van der Waals surface area contributed by atoms with Crippen LogP contribution in [0.1, 0.15) is 20.3 Å². The summed E-state index contributed by atoms with van der Waals surface area (Å²) in [7, 11) is 1.10. The number of aliphatic hydroxyl groups excluding tert-OH is 15. The van der Waals surface area contributed by atoms with E-state index in [1.165, 1.54) is 0 Å². The minimum Gasteiger partial charge on any atom is -0.477 e. The summed E-state index contributed by atoms with van der Waals surface area (Å²) in [6.45, 7) is -3.33. The summed E-state index contributed by atoms with van der Waals surface area (Å²) in [6.07, 6.45) is -47.1. The fourth-order valence-electron chi connectivity index (χ4n) is 8.71. The van der Waals surface area contributed by atoms with Gasteiger partial charge in [0.1, 0.15) is 116 Å². The maximum atomic E-state index is 13.4. The molecule has 26 atom stereocenters. The molecule has 0 aromatic carbocycles. The highest BCUT2D eigenvalue weighted by Crippen LogP contribution is 2.40. The van der Waals surface area contributed by atoms with Crippen molar-refractivity contribution in [2.24, 2.45) is 0 Å². The minimum atomic E-state index is -3.31. The Kier molecular flexibility index (Phi) is 20.3. The quantitative estimate of drug-likeness (QED) is 0.0571. The number of hydrogen-bond donors (Lipinski definition) is 18. The molecule has 5 aliphatic rings. The van der Waals surface area contributed by atoms with Crippen LogP contribution < -0.4 is 10.6 Å². The third-order valence-corrected chi connectivity index (χ3v) is 12.3. The van der Waals surface area contributed by atoms with Gasteiger partial charge in [-0.15, -0.1) is 0 Å². The van der Waals surface area contributed by atoms with Crippen LogP contribution in [0.25, 0.3) is 0 Å². The number of carboxylic acids is 1. The van der Waals surface area contributed by atoms with E-state index < -0.39 is 216 Å². The molecule has 5 heterocycles. The lowest BCUT2D eigenvalue weighted by molar-refractivity contribution is -0.403. The third-order valence-electron chi connectivity index (χ3n) is 12.3. The second-order valence-electron chi connectivity index (χ2n) is 17.1. The number of aliphatic carboxylic acids is 1. The Morgan fingerprint density at radius 3 is 1.61 bits per heavy atom. The van der Waals surface area contributed by atoms with Crippen LogP contribution in [0.4, 0.5) is 0 Å². The van der Waals surface area contributed by atoms with Crippen molar-refractivity contribution in [1.82, 2.24) is 10.6 Å². The van der Waals surface area contributed by atoms with E-state index in [4.69, 9.17) is 47.4 Å². The standard InChI is InChI=1S/C38H64N2O29/c1-10(46)39-18-12(48)4-38(37(58)59,68-31(18)20(50)13(49)5-41)69-32-27(57)36(65-28-16(8-44)63-34(60-3)26(56)24(28)54)64-17(9-45)29(32)66-33-19(40-11(2)47)30(22(52)15(7-43)61-33)67-35-25(55)23(53)21(51)14(6-42)62-35/h12-36,41-45,48-57H,4-9H2,1-3H3,(H,39,46)(H,40,47)(H,58,59)/t12-,13+,14+,15+,16+,17+,18+,19+,20+,21-,22-,23-,24+,25+,26+,27+,28+,29-,30+,31+,32+,33-,34+,35-,36-,38-/m0/s1. The van der Waals surface area contributed by atoms with E-state index in [1.54, 1.807) is 0 Å². The first-order valence-electron chi connectivity index (χ1n) is 21.6. The highest BCUT2D eigenvalue weighted by Gasteiger charge is 2.62. The number of hydrogen-bond acceptors (Lipinski definition) is 28. The second-order valence-corrected chi connectivity index (χ2v) is 17.1. The van der Waals surface area contributed by atoms with Gasteiger partial charge >= 0.3 is 5.97 Å². The minimum absolute atomic E-state index is 0.848. The number of nitrogens with one attached hydrogen (secondary N) is 2. The van der Waals surface area contributed by atoms with Crippen LogP contribution >= 0.6 is 0 Å². The molecule has 31 heteroatoms. The smallest absolute Gasteiger partial charge is 0.364 e. The first kappa shape index (κ1) is 57.3.